The number of hydrogen-bond donors (Lipinski definition) is 0. The van der Waals surface area contributed by atoms with E-state index in [1.807, 2.05) is 36.4 Å². The number of quaternary nitrogens is 1. The van der Waals surface area contributed by atoms with Crippen molar-refractivity contribution in [3.8, 4) is 0 Å². The maximum atomic E-state index is 5.90. The number of azo groups is 1. The minimum Gasteiger partial charge on any atom is -0.377 e. The van der Waals surface area contributed by atoms with Crippen molar-refractivity contribution in [2.45, 2.75) is 91.6 Å². The summed E-state index contributed by atoms with van der Waals surface area (Å²) in [6.07, 6.45) is 19.5. The third-order valence-electron chi connectivity index (χ3n) is 8.45. The van der Waals surface area contributed by atoms with Crippen molar-refractivity contribution in [1.29, 1.82) is 0 Å². The molecule has 1 aliphatic carbocycles. The Morgan fingerprint density at radius 1 is 0.650 bits per heavy atom. The second-order valence-corrected chi connectivity index (χ2v) is 11.1. The second-order valence-electron chi connectivity index (χ2n) is 11.1. The number of benzene rings is 2. The van der Waals surface area contributed by atoms with Gasteiger partial charge in [0.2, 0.25) is 0 Å². The molecule has 2 aromatic rings. The summed E-state index contributed by atoms with van der Waals surface area (Å²) in [5, 5.41) is 8.74. The molecule has 3 rings (SSSR count). The van der Waals surface area contributed by atoms with Crippen LogP contribution in [-0.4, -0.2) is 37.3 Å². The molecule has 0 bridgehead atoms. The van der Waals surface area contributed by atoms with Gasteiger partial charge in [-0.1, -0.05) is 75.3 Å². The molecule has 0 aromatic heterocycles. The molecule has 0 heterocycles. The number of allylic oxidation sites excluding steroid dienone is 3. The fourth-order valence-electron chi connectivity index (χ4n) is 5.39. The number of ether oxygens (including phenoxy) is 1. The van der Waals surface area contributed by atoms with Crippen molar-refractivity contribution >= 4 is 16.9 Å². The van der Waals surface area contributed by atoms with Crippen LogP contribution < -0.4 is 0 Å². The van der Waals surface area contributed by atoms with Crippen molar-refractivity contribution in [2.75, 3.05) is 32.8 Å². The molecular weight excluding hydrogens is 490 g/mol. The topological polar surface area (TPSA) is 34.0 Å². The number of hydrogen-bond acceptors (Lipinski definition) is 3. The molecular formula is C36H52N3O+. The van der Waals surface area contributed by atoms with Crippen molar-refractivity contribution in [2.24, 2.45) is 10.2 Å². The average Bonchev–Trinajstić information content (AvgIpc) is 3.55. The van der Waals surface area contributed by atoms with E-state index in [1.165, 1.54) is 94.0 Å². The predicted octanol–water partition coefficient (Wildman–Crippen LogP) is 10.5. The smallest absolute Gasteiger partial charge is 0.0857 e. The Morgan fingerprint density at radius 2 is 1.18 bits per heavy atom. The lowest BCUT2D eigenvalue weighted by Crippen LogP contribution is -2.48. The number of unbranched alkanes of at least 4 members (excludes halogenated alkanes) is 9. The van der Waals surface area contributed by atoms with Crippen LogP contribution in [0.1, 0.15) is 96.1 Å². The Hall–Kier alpha value is -2.78. The van der Waals surface area contributed by atoms with Gasteiger partial charge < -0.3 is 9.22 Å². The third kappa shape index (κ3) is 11.4. The highest BCUT2D eigenvalue weighted by molar-refractivity contribution is 5.76. The Morgan fingerprint density at radius 3 is 1.70 bits per heavy atom. The molecule has 0 saturated heterocycles. The van der Waals surface area contributed by atoms with Gasteiger partial charge in [-0.05, 0) is 87.6 Å². The average molecular weight is 543 g/mol. The SMILES string of the molecule is CC[N+](CC)(CC)CCCCCCCCCCCCOCc1ccc(N=Nc2ccc(C3=C=CC=C3)cc2)cc1. The highest BCUT2D eigenvalue weighted by Crippen LogP contribution is 2.23. The number of rotatable bonds is 21. The zero-order valence-corrected chi connectivity index (χ0v) is 25.4. The zero-order valence-electron chi connectivity index (χ0n) is 25.4. The van der Waals surface area contributed by atoms with Crippen LogP contribution in [0, 0.1) is 0 Å². The first-order chi connectivity index (χ1) is 19.7. The Balaban J connectivity index is 1.16. The molecule has 2 aromatic carbocycles. The van der Waals surface area contributed by atoms with Crippen LogP contribution in [-0.2, 0) is 11.3 Å². The molecule has 4 nitrogen and oxygen atoms in total. The predicted molar refractivity (Wildman–Crippen MR) is 170 cm³/mol. The van der Waals surface area contributed by atoms with Crippen molar-refractivity contribution < 1.29 is 9.22 Å². The summed E-state index contributed by atoms with van der Waals surface area (Å²) in [6.45, 7) is 13.8. The van der Waals surface area contributed by atoms with Gasteiger partial charge in [-0.3, -0.25) is 0 Å². The lowest BCUT2D eigenvalue weighted by atomic mass is 10.1. The van der Waals surface area contributed by atoms with Gasteiger partial charge in [-0.25, -0.2) is 0 Å². The van der Waals surface area contributed by atoms with Gasteiger partial charge in [-0.2, -0.15) is 10.2 Å². The van der Waals surface area contributed by atoms with Crippen LogP contribution in [0.2, 0.25) is 0 Å². The van der Waals surface area contributed by atoms with Crippen LogP contribution in [0.15, 0.2) is 82.7 Å². The molecule has 0 unspecified atom stereocenters. The van der Waals surface area contributed by atoms with Crippen LogP contribution >= 0.6 is 0 Å². The van der Waals surface area contributed by atoms with E-state index < -0.39 is 0 Å². The molecule has 0 fully saturated rings. The van der Waals surface area contributed by atoms with Gasteiger partial charge >= 0.3 is 0 Å². The monoisotopic (exact) mass is 542 g/mol. The molecule has 0 saturated carbocycles. The first-order valence-electron chi connectivity index (χ1n) is 15.9. The standard InChI is InChI=1S/C36H52N3O/c1-4-39(5-2,6-3)29-17-13-11-9-7-8-10-12-14-18-30-40-31-32-21-25-35(26-22-32)37-38-36-27-23-34(24-28-36)33-19-15-16-20-33/h15-16,19,21-28H,4-14,17-18,29-31H2,1-3H3/q+1. The fourth-order valence-corrected chi connectivity index (χ4v) is 5.39. The van der Waals surface area contributed by atoms with E-state index in [9.17, 15) is 0 Å². The molecule has 4 heteroatoms. The Labute approximate surface area is 244 Å². The molecule has 0 atom stereocenters. The lowest BCUT2D eigenvalue weighted by molar-refractivity contribution is -0.923. The van der Waals surface area contributed by atoms with Crippen LogP contribution in [0.3, 0.4) is 0 Å². The van der Waals surface area contributed by atoms with Gasteiger partial charge in [0, 0.05) is 12.2 Å². The van der Waals surface area contributed by atoms with E-state index in [0.717, 1.165) is 35.5 Å². The summed E-state index contributed by atoms with van der Waals surface area (Å²) in [5.41, 5.74) is 8.33. The van der Waals surface area contributed by atoms with E-state index in [-0.39, 0.29) is 0 Å². The third-order valence-corrected chi connectivity index (χ3v) is 8.45. The van der Waals surface area contributed by atoms with E-state index in [4.69, 9.17) is 4.74 Å². The summed E-state index contributed by atoms with van der Waals surface area (Å²) in [5.74, 6) is 0. The Kier molecular flexibility index (Phi) is 14.7. The van der Waals surface area contributed by atoms with E-state index in [2.05, 4.69) is 67.1 Å². The van der Waals surface area contributed by atoms with Crippen LogP contribution in [0.25, 0.3) is 5.57 Å². The molecule has 0 N–H and O–H groups in total. The lowest BCUT2D eigenvalue weighted by Gasteiger charge is -2.35. The molecule has 0 aliphatic heterocycles. The van der Waals surface area contributed by atoms with Crippen molar-refractivity contribution in [1.82, 2.24) is 0 Å². The second kappa shape index (κ2) is 18.5. The minimum atomic E-state index is 0.659. The van der Waals surface area contributed by atoms with Crippen LogP contribution in [0.5, 0.6) is 0 Å². The molecule has 0 amide bonds. The van der Waals surface area contributed by atoms with Gasteiger partial charge in [-0.15, -0.1) is 5.73 Å². The van der Waals surface area contributed by atoms with E-state index >= 15 is 0 Å². The first kappa shape index (κ1) is 31.7. The normalized spacial score (nSPS) is 13.0. The molecule has 1 aliphatic rings. The first-order valence-corrected chi connectivity index (χ1v) is 15.9. The number of nitrogens with zero attached hydrogens (tertiary/aromatic N) is 3. The maximum absolute atomic E-state index is 5.90. The van der Waals surface area contributed by atoms with Crippen molar-refractivity contribution in [3.05, 3.63) is 83.6 Å². The molecule has 40 heavy (non-hydrogen) atoms. The van der Waals surface area contributed by atoms with Gasteiger partial charge in [0.05, 0.1) is 44.2 Å². The summed E-state index contributed by atoms with van der Waals surface area (Å²) >= 11 is 0. The quantitative estimate of drug-likeness (QED) is 0.0668. The largest absolute Gasteiger partial charge is 0.377 e. The van der Waals surface area contributed by atoms with Gasteiger partial charge in [0.15, 0.2) is 0 Å². The summed E-state index contributed by atoms with van der Waals surface area (Å²) in [7, 11) is 0. The van der Waals surface area contributed by atoms with Crippen molar-refractivity contribution in [3.63, 3.8) is 0 Å². The zero-order chi connectivity index (χ0) is 28.3. The molecule has 216 valence electrons. The van der Waals surface area contributed by atoms with E-state index in [1.54, 1.807) is 0 Å². The summed E-state index contributed by atoms with van der Waals surface area (Å²) < 4.78 is 7.20. The Bertz CT molecular complexity index is 1080. The highest BCUT2D eigenvalue weighted by atomic mass is 16.5. The van der Waals surface area contributed by atoms with Gasteiger partial charge in [0.1, 0.15) is 0 Å². The highest BCUT2D eigenvalue weighted by Gasteiger charge is 2.19. The fraction of sp³-hybridized carbons (Fsp3) is 0.528. The molecule has 0 radical (unpaired) electrons. The van der Waals surface area contributed by atoms with Gasteiger partial charge in [0.25, 0.3) is 0 Å². The maximum Gasteiger partial charge on any atom is 0.0857 e. The minimum absolute atomic E-state index is 0.659. The van der Waals surface area contributed by atoms with E-state index in [0.29, 0.717) is 6.61 Å². The summed E-state index contributed by atoms with van der Waals surface area (Å²) in [6, 6.07) is 16.2. The summed E-state index contributed by atoms with van der Waals surface area (Å²) in [4.78, 5) is 0. The van der Waals surface area contributed by atoms with Crippen LogP contribution in [0.4, 0.5) is 11.4 Å². The molecule has 0 spiro atoms.